The summed E-state index contributed by atoms with van der Waals surface area (Å²) in [5.74, 6) is 0.645. The summed E-state index contributed by atoms with van der Waals surface area (Å²) < 4.78 is 5.27. The Morgan fingerprint density at radius 1 is 1.39 bits per heavy atom. The highest BCUT2D eigenvalue weighted by molar-refractivity contribution is 5.60. The molecule has 0 aliphatic heterocycles. The van der Waals surface area contributed by atoms with Crippen molar-refractivity contribution in [3.63, 3.8) is 0 Å². The average Bonchev–Trinajstić information content (AvgIpc) is 2.41. The van der Waals surface area contributed by atoms with Gasteiger partial charge in [0.15, 0.2) is 0 Å². The number of rotatable bonds is 3. The number of nitrogens with zero attached hydrogens (tertiary/aromatic N) is 1. The zero-order chi connectivity index (χ0) is 13.0. The average molecular weight is 246 g/mol. The second-order valence-corrected chi connectivity index (χ2v) is 4.63. The van der Waals surface area contributed by atoms with Gasteiger partial charge in [-0.2, -0.15) is 5.26 Å². The molecule has 1 saturated carbocycles. The van der Waals surface area contributed by atoms with E-state index in [-0.39, 0.29) is 12.1 Å². The Balaban J connectivity index is 2.15. The molecule has 96 valence electrons. The van der Waals surface area contributed by atoms with Gasteiger partial charge >= 0.3 is 0 Å². The summed E-state index contributed by atoms with van der Waals surface area (Å²) in [4.78, 5) is 0. The molecule has 0 aromatic heterocycles. The maximum absolute atomic E-state index is 9.94. The third-order valence-corrected chi connectivity index (χ3v) is 3.40. The molecule has 2 rings (SSSR count). The lowest BCUT2D eigenvalue weighted by Crippen LogP contribution is -2.36. The van der Waals surface area contributed by atoms with E-state index in [1.54, 1.807) is 19.2 Å². The number of benzene rings is 1. The van der Waals surface area contributed by atoms with Gasteiger partial charge in [-0.15, -0.1) is 0 Å². The van der Waals surface area contributed by atoms with Crippen LogP contribution in [0.15, 0.2) is 18.2 Å². The predicted molar refractivity (Wildman–Crippen MR) is 69.6 cm³/mol. The van der Waals surface area contributed by atoms with Crippen LogP contribution >= 0.6 is 0 Å². The fourth-order valence-electron chi connectivity index (χ4n) is 2.36. The van der Waals surface area contributed by atoms with Gasteiger partial charge < -0.3 is 15.2 Å². The molecule has 0 heterocycles. The lowest BCUT2D eigenvalue weighted by Gasteiger charge is -2.29. The van der Waals surface area contributed by atoms with E-state index in [1.165, 1.54) is 0 Å². The van der Waals surface area contributed by atoms with E-state index in [0.29, 0.717) is 11.3 Å². The lowest BCUT2D eigenvalue weighted by molar-refractivity contribution is 0.116. The van der Waals surface area contributed by atoms with Crippen LogP contribution < -0.4 is 10.1 Å². The molecule has 4 heteroatoms. The Hall–Kier alpha value is -1.73. The Morgan fingerprint density at radius 3 is 2.83 bits per heavy atom. The van der Waals surface area contributed by atoms with Crippen molar-refractivity contribution in [1.82, 2.24) is 0 Å². The zero-order valence-electron chi connectivity index (χ0n) is 10.5. The van der Waals surface area contributed by atoms with E-state index in [2.05, 4.69) is 11.4 Å². The van der Waals surface area contributed by atoms with Gasteiger partial charge in [-0.05, 0) is 25.0 Å². The van der Waals surface area contributed by atoms with Gasteiger partial charge in [0.25, 0.3) is 0 Å². The number of hydrogen-bond donors (Lipinski definition) is 2. The number of methoxy groups -OCH3 is 1. The quantitative estimate of drug-likeness (QED) is 0.858. The molecule has 2 N–H and O–H groups in total. The number of ether oxygens (including phenoxy) is 1. The molecule has 0 saturated heterocycles. The fraction of sp³-hybridized carbons (Fsp3) is 0.500. The zero-order valence-corrected chi connectivity index (χ0v) is 10.5. The van der Waals surface area contributed by atoms with Crippen molar-refractivity contribution < 1.29 is 9.84 Å². The van der Waals surface area contributed by atoms with Crippen LogP contribution in [0.25, 0.3) is 0 Å². The van der Waals surface area contributed by atoms with Gasteiger partial charge in [-0.25, -0.2) is 0 Å². The van der Waals surface area contributed by atoms with Gasteiger partial charge in [0.2, 0.25) is 0 Å². The van der Waals surface area contributed by atoms with Crippen LogP contribution in [0.5, 0.6) is 5.75 Å². The van der Waals surface area contributed by atoms with Gasteiger partial charge in [0.1, 0.15) is 5.75 Å². The number of nitriles is 1. The van der Waals surface area contributed by atoms with E-state index in [0.717, 1.165) is 31.4 Å². The molecule has 0 radical (unpaired) electrons. The molecule has 1 aliphatic rings. The highest BCUT2D eigenvalue weighted by Gasteiger charge is 2.23. The normalized spacial score (nSPS) is 23.2. The molecule has 18 heavy (non-hydrogen) atoms. The summed E-state index contributed by atoms with van der Waals surface area (Å²) in [5, 5.41) is 22.1. The summed E-state index contributed by atoms with van der Waals surface area (Å²) >= 11 is 0. The molecule has 1 aliphatic carbocycles. The molecule has 4 nitrogen and oxygen atoms in total. The number of anilines is 1. The Labute approximate surface area is 107 Å². The third-order valence-electron chi connectivity index (χ3n) is 3.40. The van der Waals surface area contributed by atoms with Gasteiger partial charge in [-0.3, -0.25) is 0 Å². The van der Waals surface area contributed by atoms with Crippen LogP contribution in [0.2, 0.25) is 0 Å². The minimum Gasteiger partial charge on any atom is -0.495 e. The number of hydrogen-bond acceptors (Lipinski definition) is 4. The number of aliphatic hydroxyl groups is 1. The van der Waals surface area contributed by atoms with Crippen LogP contribution in [0.4, 0.5) is 5.69 Å². The standard InChI is InChI=1S/C14H18N2O2/c1-18-14-8-10(9-15)6-7-12(14)16-11-4-2-3-5-13(11)17/h6-8,11,13,16-17H,2-5H2,1H3/t11-,13-/m0/s1. The van der Waals surface area contributed by atoms with E-state index in [4.69, 9.17) is 10.00 Å². The number of aliphatic hydroxyl groups excluding tert-OH is 1. The molecule has 0 spiro atoms. The largest absolute Gasteiger partial charge is 0.495 e. The first-order valence-electron chi connectivity index (χ1n) is 6.27. The van der Waals surface area contributed by atoms with Crippen molar-refractivity contribution in [3.05, 3.63) is 23.8 Å². The summed E-state index contributed by atoms with van der Waals surface area (Å²) in [5.41, 5.74) is 1.41. The first kappa shape index (κ1) is 12.7. The first-order chi connectivity index (χ1) is 8.74. The maximum atomic E-state index is 9.94. The Kier molecular flexibility index (Phi) is 4.06. The topological polar surface area (TPSA) is 65.3 Å². The van der Waals surface area contributed by atoms with Crippen molar-refractivity contribution >= 4 is 5.69 Å². The fourth-order valence-corrected chi connectivity index (χ4v) is 2.36. The molecule has 1 fully saturated rings. The minimum atomic E-state index is -0.306. The van der Waals surface area contributed by atoms with E-state index < -0.39 is 0 Å². The first-order valence-corrected chi connectivity index (χ1v) is 6.27. The second-order valence-electron chi connectivity index (χ2n) is 4.63. The van der Waals surface area contributed by atoms with Gasteiger partial charge in [-0.1, -0.05) is 12.8 Å². The maximum Gasteiger partial charge on any atom is 0.143 e. The Morgan fingerprint density at radius 2 is 2.17 bits per heavy atom. The molecule has 0 bridgehead atoms. The SMILES string of the molecule is COc1cc(C#N)ccc1N[C@H]1CCCC[C@@H]1O. The van der Waals surface area contributed by atoms with Crippen LogP contribution in [-0.2, 0) is 0 Å². The molecule has 0 amide bonds. The smallest absolute Gasteiger partial charge is 0.143 e. The van der Waals surface area contributed by atoms with Gasteiger partial charge in [0.05, 0.1) is 36.6 Å². The molecular formula is C14H18N2O2. The number of nitrogens with one attached hydrogen (secondary N) is 1. The predicted octanol–water partition coefficient (Wildman–Crippen LogP) is 2.28. The lowest BCUT2D eigenvalue weighted by atomic mass is 9.92. The van der Waals surface area contributed by atoms with Crippen molar-refractivity contribution in [2.45, 2.75) is 37.8 Å². The third kappa shape index (κ3) is 2.74. The van der Waals surface area contributed by atoms with Gasteiger partial charge in [0, 0.05) is 6.07 Å². The van der Waals surface area contributed by atoms with Crippen molar-refractivity contribution in [2.75, 3.05) is 12.4 Å². The van der Waals surface area contributed by atoms with Crippen molar-refractivity contribution in [2.24, 2.45) is 0 Å². The van der Waals surface area contributed by atoms with Crippen LogP contribution in [0, 0.1) is 11.3 Å². The van der Waals surface area contributed by atoms with E-state index in [9.17, 15) is 5.11 Å². The van der Waals surface area contributed by atoms with Crippen LogP contribution in [0.3, 0.4) is 0 Å². The van der Waals surface area contributed by atoms with Crippen molar-refractivity contribution in [1.29, 1.82) is 5.26 Å². The summed E-state index contributed by atoms with van der Waals surface area (Å²) in [7, 11) is 1.58. The molecule has 1 aromatic carbocycles. The molecule has 2 atom stereocenters. The Bertz CT molecular complexity index is 454. The van der Waals surface area contributed by atoms with Crippen molar-refractivity contribution in [3.8, 4) is 11.8 Å². The minimum absolute atomic E-state index is 0.0700. The van der Waals surface area contributed by atoms with Crippen LogP contribution in [-0.4, -0.2) is 24.4 Å². The van der Waals surface area contributed by atoms with Crippen LogP contribution in [0.1, 0.15) is 31.2 Å². The highest BCUT2D eigenvalue weighted by atomic mass is 16.5. The molecule has 1 aromatic rings. The summed E-state index contributed by atoms with van der Waals surface area (Å²) in [6.45, 7) is 0. The summed E-state index contributed by atoms with van der Waals surface area (Å²) in [6, 6.07) is 7.44. The molecule has 0 unspecified atom stereocenters. The van der Waals surface area contributed by atoms with E-state index in [1.807, 2.05) is 6.07 Å². The molecular weight excluding hydrogens is 228 g/mol. The van der Waals surface area contributed by atoms with E-state index >= 15 is 0 Å². The second kappa shape index (κ2) is 5.74. The monoisotopic (exact) mass is 246 g/mol. The summed E-state index contributed by atoms with van der Waals surface area (Å²) in [6.07, 6.45) is 3.72. The highest BCUT2D eigenvalue weighted by Crippen LogP contribution is 2.29.